The maximum absolute atomic E-state index is 13.0. The second-order valence-electron chi connectivity index (χ2n) is 4.33. The van der Waals surface area contributed by atoms with E-state index in [0.29, 0.717) is 19.4 Å². The van der Waals surface area contributed by atoms with Crippen LogP contribution >= 0.6 is 0 Å². The number of para-hydroxylation sites is 1. The summed E-state index contributed by atoms with van der Waals surface area (Å²) in [6, 6.07) is 7.23. The lowest BCUT2D eigenvalue weighted by Crippen LogP contribution is -2.49. The summed E-state index contributed by atoms with van der Waals surface area (Å²) in [4.78, 5) is 0. The van der Waals surface area contributed by atoms with E-state index in [0.717, 1.165) is 5.56 Å². The summed E-state index contributed by atoms with van der Waals surface area (Å²) in [7, 11) is 1.85. The second-order valence-corrected chi connectivity index (χ2v) is 4.33. The van der Waals surface area contributed by atoms with Crippen LogP contribution in [0.15, 0.2) is 24.3 Å². The van der Waals surface area contributed by atoms with E-state index in [1.165, 1.54) is 0 Å². The minimum absolute atomic E-state index is 0.209. The molecule has 1 fully saturated rings. The van der Waals surface area contributed by atoms with Crippen molar-refractivity contribution in [3.8, 4) is 5.75 Å². The van der Waals surface area contributed by atoms with E-state index in [4.69, 9.17) is 0 Å². The van der Waals surface area contributed by atoms with Crippen molar-refractivity contribution < 1.29 is 9.50 Å². The van der Waals surface area contributed by atoms with E-state index >= 15 is 0 Å². The van der Waals surface area contributed by atoms with Gasteiger partial charge in [-0.05, 0) is 26.0 Å². The van der Waals surface area contributed by atoms with Crippen molar-refractivity contribution in [1.29, 1.82) is 0 Å². The highest BCUT2D eigenvalue weighted by molar-refractivity contribution is 5.41. The lowest BCUT2D eigenvalue weighted by Gasteiger charge is -2.45. The fourth-order valence-electron chi connectivity index (χ4n) is 2.51. The van der Waals surface area contributed by atoms with Gasteiger partial charge >= 0.3 is 0 Å². The van der Waals surface area contributed by atoms with Crippen LogP contribution in [0, 0.1) is 0 Å². The molecule has 0 aliphatic heterocycles. The fraction of sp³-hybridized carbons (Fsp3) is 0.500. The molecular weight excluding hydrogens is 193 g/mol. The molecule has 15 heavy (non-hydrogen) atoms. The smallest absolute Gasteiger partial charge is 0.119 e. The average molecular weight is 209 g/mol. The lowest BCUT2D eigenvalue weighted by atomic mass is 9.63. The van der Waals surface area contributed by atoms with Gasteiger partial charge in [-0.15, -0.1) is 0 Å². The Morgan fingerprint density at radius 2 is 2.13 bits per heavy atom. The minimum Gasteiger partial charge on any atom is -0.508 e. The summed E-state index contributed by atoms with van der Waals surface area (Å²) in [6.07, 6.45) is 0.287. The Morgan fingerprint density at radius 3 is 2.67 bits per heavy atom. The van der Waals surface area contributed by atoms with E-state index in [9.17, 15) is 9.50 Å². The van der Waals surface area contributed by atoms with Gasteiger partial charge in [0.05, 0.1) is 0 Å². The second kappa shape index (κ2) is 3.81. The number of hydrogen-bond donors (Lipinski definition) is 2. The molecule has 3 heteroatoms. The third-order valence-corrected chi connectivity index (χ3v) is 3.22. The number of phenols is 1. The molecule has 0 amide bonds. The van der Waals surface area contributed by atoms with Crippen LogP contribution < -0.4 is 5.32 Å². The van der Waals surface area contributed by atoms with Crippen molar-refractivity contribution >= 4 is 0 Å². The van der Waals surface area contributed by atoms with Crippen LogP contribution in [0.2, 0.25) is 0 Å². The molecule has 1 aliphatic rings. The number of rotatable bonds is 3. The molecule has 0 aromatic heterocycles. The zero-order valence-corrected chi connectivity index (χ0v) is 8.83. The Hall–Kier alpha value is -1.09. The van der Waals surface area contributed by atoms with Gasteiger partial charge in [0.15, 0.2) is 0 Å². The minimum atomic E-state index is -0.724. The summed E-state index contributed by atoms with van der Waals surface area (Å²) >= 11 is 0. The number of hydrogen-bond acceptors (Lipinski definition) is 2. The number of alkyl halides is 1. The number of phenolic OH excluding ortho intramolecular Hbond substituents is 1. The van der Waals surface area contributed by atoms with Crippen LogP contribution in [0.4, 0.5) is 4.39 Å². The van der Waals surface area contributed by atoms with Gasteiger partial charge in [-0.2, -0.15) is 0 Å². The zero-order valence-electron chi connectivity index (χ0n) is 8.83. The predicted octanol–water partition coefficient (Wildman–Crippen LogP) is 1.98. The largest absolute Gasteiger partial charge is 0.508 e. The van der Waals surface area contributed by atoms with Gasteiger partial charge in [0, 0.05) is 17.5 Å². The number of aromatic hydroxyl groups is 1. The molecule has 1 aromatic carbocycles. The maximum Gasteiger partial charge on any atom is 0.119 e. The quantitative estimate of drug-likeness (QED) is 0.797. The molecule has 0 bridgehead atoms. The SMILES string of the molecule is CNCC1(c2ccccc2O)CC(F)C1. The molecular formula is C12H16FNO. The van der Waals surface area contributed by atoms with Crippen molar-refractivity contribution in [3.63, 3.8) is 0 Å². The summed E-state index contributed by atoms with van der Waals surface area (Å²) in [5, 5.41) is 12.9. The molecule has 0 unspecified atom stereocenters. The predicted molar refractivity (Wildman–Crippen MR) is 57.8 cm³/mol. The molecule has 2 nitrogen and oxygen atoms in total. The number of likely N-dealkylation sites (N-methyl/N-ethyl adjacent to an activating group) is 1. The number of halogens is 1. The molecule has 0 spiro atoms. The highest BCUT2D eigenvalue weighted by Gasteiger charge is 2.46. The molecule has 2 rings (SSSR count). The molecule has 1 aliphatic carbocycles. The van der Waals surface area contributed by atoms with Crippen LogP contribution in [0.25, 0.3) is 0 Å². The normalized spacial score (nSPS) is 29.9. The van der Waals surface area contributed by atoms with Crippen LogP contribution in [-0.4, -0.2) is 24.9 Å². The molecule has 0 radical (unpaired) electrons. The van der Waals surface area contributed by atoms with Gasteiger partial charge in [0.1, 0.15) is 11.9 Å². The molecule has 82 valence electrons. The fourth-order valence-corrected chi connectivity index (χ4v) is 2.51. The van der Waals surface area contributed by atoms with Crippen LogP contribution in [0.5, 0.6) is 5.75 Å². The van der Waals surface area contributed by atoms with Gasteiger partial charge in [-0.1, -0.05) is 18.2 Å². The van der Waals surface area contributed by atoms with E-state index in [1.54, 1.807) is 12.1 Å². The zero-order chi connectivity index (χ0) is 10.9. The van der Waals surface area contributed by atoms with Gasteiger partial charge in [0.2, 0.25) is 0 Å². The molecule has 1 saturated carbocycles. The summed E-state index contributed by atoms with van der Waals surface area (Å²) < 4.78 is 13.0. The first-order valence-corrected chi connectivity index (χ1v) is 5.25. The van der Waals surface area contributed by atoms with Gasteiger partial charge in [-0.3, -0.25) is 0 Å². The Morgan fingerprint density at radius 1 is 1.47 bits per heavy atom. The third kappa shape index (κ3) is 1.72. The maximum atomic E-state index is 13.0. The van der Waals surface area contributed by atoms with Gasteiger partial charge < -0.3 is 10.4 Å². The molecule has 2 N–H and O–H groups in total. The molecule has 0 heterocycles. The first-order valence-electron chi connectivity index (χ1n) is 5.25. The third-order valence-electron chi connectivity index (χ3n) is 3.22. The van der Waals surface area contributed by atoms with Crippen molar-refractivity contribution in [2.75, 3.05) is 13.6 Å². The van der Waals surface area contributed by atoms with Crippen molar-refractivity contribution in [3.05, 3.63) is 29.8 Å². The Balaban J connectivity index is 2.30. The van der Waals surface area contributed by atoms with Crippen molar-refractivity contribution in [2.45, 2.75) is 24.4 Å². The molecule has 0 saturated heterocycles. The van der Waals surface area contributed by atoms with E-state index in [2.05, 4.69) is 5.32 Å². The van der Waals surface area contributed by atoms with E-state index in [1.807, 2.05) is 19.2 Å². The Kier molecular flexibility index (Phi) is 2.65. The lowest BCUT2D eigenvalue weighted by molar-refractivity contribution is 0.0920. The average Bonchev–Trinajstić information content (AvgIpc) is 2.16. The van der Waals surface area contributed by atoms with Crippen molar-refractivity contribution in [1.82, 2.24) is 5.32 Å². The number of benzene rings is 1. The highest BCUT2D eigenvalue weighted by atomic mass is 19.1. The number of nitrogens with one attached hydrogen (secondary N) is 1. The Labute approximate surface area is 89.1 Å². The van der Waals surface area contributed by atoms with Crippen LogP contribution in [0.3, 0.4) is 0 Å². The van der Waals surface area contributed by atoms with Crippen molar-refractivity contribution in [2.24, 2.45) is 0 Å². The summed E-state index contributed by atoms with van der Waals surface area (Å²) in [6.45, 7) is 0.713. The molecule has 0 atom stereocenters. The van der Waals surface area contributed by atoms with E-state index < -0.39 is 6.17 Å². The first kappa shape index (κ1) is 10.4. The van der Waals surface area contributed by atoms with Gasteiger partial charge in [0.25, 0.3) is 0 Å². The summed E-state index contributed by atoms with van der Waals surface area (Å²) in [5.74, 6) is 0.277. The highest BCUT2D eigenvalue weighted by Crippen LogP contribution is 2.47. The van der Waals surface area contributed by atoms with Crippen LogP contribution in [-0.2, 0) is 5.41 Å². The Bertz CT molecular complexity index is 342. The van der Waals surface area contributed by atoms with Crippen LogP contribution in [0.1, 0.15) is 18.4 Å². The van der Waals surface area contributed by atoms with E-state index in [-0.39, 0.29) is 11.2 Å². The first-order chi connectivity index (χ1) is 7.18. The topological polar surface area (TPSA) is 32.3 Å². The monoisotopic (exact) mass is 209 g/mol. The standard InChI is InChI=1S/C12H16FNO/c1-14-8-12(6-9(13)7-12)10-4-2-3-5-11(10)15/h2-5,9,14-15H,6-8H2,1H3. The summed E-state index contributed by atoms with van der Waals surface area (Å²) in [5.41, 5.74) is 0.660. The molecule has 1 aromatic rings. The van der Waals surface area contributed by atoms with Gasteiger partial charge in [-0.25, -0.2) is 4.39 Å².